The van der Waals surface area contributed by atoms with Gasteiger partial charge < -0.3 is 10.6 Å². The van der Waals surface area contributed by atoms with Crippen molar-refractivity contribution in [3.05, 3.63) is 34.1 Å². The summed E-state index contributed by atoms with van der Waals surface area (Å²) >= 11 is 0. The lowest BCUT2D eigenvalue weighted by Gasteiger charge is -2.26. The number of nitro groups is 1. The molecule has 0 amide bonds. The van der Waals surface area contributed by atoms with Gasteiger partial charge in [-0.2, -0.15) is 0 Å². The Labute approximate surface area is 117 Å². The highest BCUT2D eigenvalue weighted by atomic mass is 19.1. The molecule has 1 aromatic rings. The maximum atomic E-state index is 13.1. The Morgan fingerprint density at radius 1 is 1.55 bits per heavy atom. The number of anilines is 1. The minimum absolute atomic E-state index is 0.0924. The molecular formula is C14H20FN3O2. The van der Waals surface area contributed by atoms with Crippen molar-refractivity contribution < 1.29 is 9.31 Å². The largest absolute Gasteiger partial charge is 0.377 e. The van der Waals surface area contributed by atoms with Gasteiger partial charge in [-0.1, -0.05) is 6.42 Å². The summed E-state index contributed by atoms with van der Waals surface area (Å²) in [5.74, 6) is -0.594. The molecule has 1 fully saturated rings. The molecule has 2 N–H and O–H groups in total. The van der Waals surface area contributed by atoms with Crippen LogP contribution in [0.5, 0.6) is 0 Å². The Kier molecular flexibility index (Phi) is 4.89. The molecule has 2 unspecified atom stereocenters. The van der Waals surface area contributed by atoms with Gasteiger partial charge in [0.2, 0.25) is 0 Å². The van der Waals surface area contributed by atoms with Crippen LogP contribution in [0.25, 0.3) is 0 Å². The van der Waals surface area contributed by atoms with Crippen molar-refractivity contribution in [2.45, 2.75) is 44.7 Å². The average Bonchev–Trinajstić information content (AvgIpc) is 2.41. The SMILES string of the molecule is CC(CC1CCCCN1)Nc1ccc(F)cc1[N+](=O)[O-]. The van der Waals surface area contributed by atoms with E-state index in [1.807, 2.05) is 6.92 Å². The van der Waals surface area contributed by atoms with Crippen molar-refractivity contribution in [2.75, 3.05) is 11.9 Å². The Hall–Kier alpha value is -1.69. The molecule has 1 heterocycles. The zero-order valence-corrected chi connectivity index (χ0v) is 11.6. The molecule has 1 aromatic carbocycles. The molecule has 0 bridgehead atoms. The van der Waals surface area contributed by atoms with Gasteiger partial charge in [0.15, 0.2) is 0 Å². The third-order valence-electron chi connectivity index (χ3n) is 3.61. The third-order valence-corrected chi connectivity index (χ3v) is 3.61. The number of rotatable bonds is 5. The fourth-order valence-corrected chi connectivity index (χ4v) is 2.65. The molecule has 0 aromatic heterocycles. The van der Waals surface area contributed by atoms with Gasteiger partial charge in [-0.15, -0.1) is 0 Å². The molecule has 1 aliphatic rings. The van der Waals surface area contributed by atoms with E-state index in [2.05, 4.69) is 10.6 Å². The fourth-order valence-electron chi connectivity index (χ4n) is 2.65. The van der Waals surface area contributed by atoms with Crippen LogP contribution in [-0.4, -0.2) is 23.6 Å². The van der Waals surface area contributed by atoms with Crippen LogP contribution >= 0.6 is 0 Å². The quantitative estimate of drug-likeness (QED) is 0.643. The Morgan fingerprint density at radius 2 is 2.35 bits per heavy atom. The van der Waals surface area contributed by atoms with E-state index in [4.69, 9.17) is 0 Å². The normalized spacial score (nSPS) is 20.4. The summed E-state index contributed by atoms with van der Waals surface area (Å²) in [6.45, 7) is 3.03. The summed E-state index contributed by atoms with van der Waals surface area (Å²) in [6, 6.07) is 4.16. The van der Waals surface area contributed by atoms with Crippen LogP contribution in [0.1, 0.15) is 32.6 Å². The number of nitrogens with zero attached hydrogens (tertiary/aromatic N) is 1. The van der Waals surface area contributed by atoms with Crippen LogP contribution in [0, 0.1) is 15.9 Å². The van der Waals surface area contributed by atoms with E-state index in [-0.39, 0.29) is 11.7 Å². The maximum absolute atomic E-state index is 13.1. The standard InChI is InChI=1S/C14H20FN3O2/c1-10(8-12-4-2-3-7-16-12)17-13-6-5-11(15)9-14(13)18(19)20/h5-6,9-10,12,16-17H,2-4,7-8H2,1H3. The monoisotopic (exact) mass is 281 g/mol. The van der Waals surface area contributed by atoms with E-state index < -0.39 is 10.7 Å². The van der Waals surface area contributed by atoms with Crippen LogP contribution in [0.15, 0.2) is 18.2 Å². The van der Waals surface area contributed by atoms with E-state index in [1.54, 1.807) is 0 Å². The molecule has 0 aliphatic carbocycles. The molecule has 0 saturated carbocycles. The molecule has 5 nitrogen and oxygen atoms in total. The molecule has 110 valence electrons. The summed E-state index contributed by atoms with van der Waals surface area (Å²) in [5.41, 5.74) is 0.160. The number of nitro benzene ring substituents is 1. The maximum Gasteiger partial charge on any atom is 0.295 e. The second-order valence-electron chi connectivity index (χ2n) is 5.35. The highest BCUT2D eigenvalue weighted by Gasteiger charge is 2.19. The Morgan fingerprint density at radius 3 is 3.00 bits per heavy atom. The number of hydrogen-bond donors (Lipinski definition) is 2. The summed E-state index contributed by atoms with van der Waals surface area (Å²) in [4.78, 5) is 10.4. The van der Waals surface area contributed by atoms with Crippen molar-refractivity contribution in [1.82, 2.24) is 5.32 Å². The highest BCUT2D eigenvalue weighted by Crippen LogP contribution is 2.26. The molecule has 6 heteroatoms. The first-order valence-electron chi connectivity index (χ1n) is 7.00. The smallest absolute Gasteiger partial charge is 0.295 e. The zero-order chi connectivity index (χ0) is 14.5. The second-order valence-corrected chi connectivity index (χ2v) is 5.35. The topological polar surface area (TPSA) is 67.2 Å². The first-order valence-corrected chi connectivity index (χ1v) is 7.00. The van der Waals surface area contributed by atoms with E-state index >= 15 is 0 Å². The van der Waals surface area contributed by atoms with Gasteiger partial charge in [-0.05, 0) is 44.9 Å². The molecule has 1 aliphatic heterocycles. The molecule has 2 rings (SSSR count). The van der Waals surface area contributed by atoms with Gasteiger partial charge in [-0.25, -0.2) is 4.39 Å². The summed E-state index contributed by atoms with van der Waals surface area (Å²) in [6.07, 6.45) is 4.47. The summed E-state index contributed by atoms with van der Waals surface area (Å²) in [5, 5.41) is 17.5. The Bertz CT molecular complexity index is 475. The van der Waals surface area contributed by atoms with Crippen LogP contribution in [0.2, 0.25) is 0 Å². The van der Waals surface area contributed by atoms with Crippen molar-refractivity contribution in [1.29, 1.82) is 0 Å². The first kappa shape index (κ1) is 14.7. The van der Waals surface area contributed by atoms with Crippen LogP contribution < -0.4 is 10.6 Å². The lowest BCUT2D eigenvalue weighted by atomic mass is 9.98. The molecule has 1 saturated heterocycles. The second kappa shape index (κ2) is 6.65. The van der Waals surface area contributed by atoms with Gasteiger partial charge in [0.25, 0.3) is 5.69 Å². The van der Waals surface area contributed by atoms with E-state index in [1.165, 1.54) is 25.0 Å². The lowest BCUT2D eigenvalue weighted by Crippen LogP contribution is -2.37. The number of piperidine rings is 1. The van der Waals surface area contributed by atoms with Crippen LogP contribution in [0.3, 0.4) is 0 Å². The lowest BCUT2D eigenvalue weighted by molar-refractivity contribution is -0.384. The van der Waals surface area contributed by atoms with Crippen molar-refractivity contribution in [3.63, 3.8) is 0 Å². The van der Waals surface area contributed by atoms with Crippen molar-refractivity contribution in [3.8, 4) is 0 Å². The molecule has 2 atom stereocenters. The van der Waals surface area contributed by atoms with Gasteiger partial charge in [0.1, 0.15) is 11.5 Å². The zero-order valence-electron chi connectivity index (χ0n) is 11.6. The van der Waals surface area contributed by atoms with Crippen LogP contribution in [0.4, 0.5) is 15.8 Å². The first-order chi connectivity index (χ1) is 9.56. The van der Waals surface area contributed by atoms with E-state index in [9.17, 15) is 14.5 Å². The Balaban J connectivity index is 1.99. The predicted octanol–water partition coefficient (Wildman–Crippen LogP) is 3.07. The molecule has 0 spiro atoms. The average molecular weight is 281 g/mol. The summed E-state index contributed by atoms with van der Waals surface area (Å²) in [7, 11) is 0. The molecular weight excluding hydrogens is 261 g/mol. The number of halogens is 1. The highest BCUT2D eigenvalue weighted by molar-refractivity contribution is 5.61. The predicted molar refractivity (Wildman–Crippen MR) is 76.4 cm³/mol. The van der Waals surface area contributed by atoms with Gasteiger partial charge in [0.05, 0.1) is 11.0 Å². The van der Waals surface area contributed by atoms with Crippen molar-refractivity contribution >= 4 is 11.4 Å². The number of hydrogen-bond acceptors (Lipinski definition) is 4. The third kappa shape index (κ3) is 3.90. The van der Waals surface area contributed by atoms with E-state index in [0.717, 1.165) is 25.5 Å². The van der Waals surface area contributed by atoms with Crippen LogP contribution in [-0.2, 0) is 0 Å². The van der Waals surface area contributed by atoms with E-state index in [0.29, 0.717) is 11.7 Å². The number of benzene rings is 1. The molecule has 20 heavy (non-hydrogen) atoms. The minimum Gasteiger partial charge on any atom is -0.377 e. The summed E-state index contributed by atoms with van der Waals surface area (Å²) < 4.78 is 13.1. The fraction of sp³-hybridized carbons (Fsp3) is 0.571. The molecule has 0 radical (unpaired) electrons. The van der Waals surface area contributed by atoms with Gasteiger partial charge in [-0.3, -0.25) is 10.1 Å². The van der Waals surface area contributed by atoms with Gasteiger partial charge >= 0.3 is 0 Å². The minimum atomic E-state index is -0.594. The van der Waals surface area contributed by atoms with Gasteiger partial charge in [0, 0.05) is 12.1 Å². The number of nitrogens with one attached hydrogen (secondary N) is 2. The van der Waals surface area contributed by atoms with Crippen molar-refractivity contribution in [2.24, 2.45) is 0 Å².